The van der Waals surface area contributed by atoms with Crippen molar-refractivity contribution in [1.82, 2.24) is 0 Å². The van der Waals surface area contributed by atoms with Gasteiger partial charge in [-0.15, -0.1) is 11.3 Å². The molecule has 0 spiro atoms. The molecule has 2 rings (SSSR count). The Morgan fingerprint density at radius 1 is 1.18 bits per heavy atom. The van der Waals surface area contributed by atoms with Crippen LogP contribution in [0.4, 0.5) is 5.69 Å². The molecule has 0 amide bonds. The van der Waals surface area contributed by atoms with Crippen LogP contribution in [0.1, 0.15) is 22.2 Å². The Morgan fingerprint density at radius 3 is 2.59 bits per heavy atom. The Balaban J connectivity index is 2.01. The number of hydrogen-bond acceptors (Lipinski definition) is 2. The summed E-state index contributed by atoms with van der Waals surface area (Å²) in [6, 6.07) is 10.8. The fourth-order valence-electron chi connectivity index (χ4n) is 1.73. The zero-order valence-corrected chi connectivity index (χ0v) is 12.5. The molecule has 1 aromatic carbocycles. The second-order valence-electron chi connectivity index (χ2n) is 4.09. The van der Waals surface area contributed by atoms with E-state index in [4.69, 9.17) is 0 Å². The van der Waals surface area contributed by atoms with Gasteiger partial charge in [0.25, 0.3) is 0 Å². The average Bonchev–Trinajstić information content (AvgIpc) is 2.73. The molecule has 0 aliphatic rings. The van der Waals surface area contributed by atoms with Gasteiger partial charge in [0.1, 0.15) is 0 Å². The maximum absolute atomic E-state index is 3.52. The van der Waals surface area contributed by atoms with Crippen LogP contribution >= 0.6 is 27.3 Å². The molecule has 17 heavy (non-hydrogen) atoms. The molecule has 0 saturated heterocycles. The van der Waals surface area contributed by atoms with Gasteiger partial charge < -0.3 is 5.32 Å². The Morgan fingerprint density at radius 2 is 1.94 bits per heavy atom. The van der Waals surface area contributed by atoms with E-state index in [0.29, 0.717) is 0 Å². The van der Waals surface area contributed by atoms with Crippen LogP contribution in [0.15, 0.2) is 34.8 Å². The first-order valence-electron chi connectivity index (χ1n) is 5.76. The van der Waals surface area contributed by atoms with Crippen molar-refractivity contribution < 1.29 is 0 Å². The molecule has 1 N–H and O–H groups in total. The highest BCUT2D eigenvalue weighted by Crippen LogP contribution is 2.22. The van der Waals surface area contributed by atoms with E-state index >= 15 is 0 Å². The second-order valence-corrected chi connectivity index (χ2v) is 6.26. The predicted octanol–water partition coefficient (Wildman–Crippen LogP) is 4.99. The van der Waals surface area contributed by atoms with E-state index < -0.39 is 0 Å². The fourth-order valence-corrected chi connectivity index (χ4v) is 3.24. The highest BCUT2D eigenvalue weighted by molar-refractivity contribution is 9.10. The van der Waals surface area contributed by atoms with Crippen LogP contribution in [0.3, 0.4) is 0 Å². The summed E-state index contributed by atoms with van der Waals surface area (Å²) in [6.45, 7) is 5.21. The second kappa shape index (κ2) is 5.69. The maximum Gasteiger partial charge on any atom is 0.0494 e. The quantitative estimate of drug-likeness (QED) is 0.838. The summed E-state index contributed by atoms with van der Waals surface area (Å²) < 4.78 is 1.13. The fraction of sp³-hybridized carbons (Fsp3) is 0.286. The molecule has 0 radical (unpaired) electrons. The van der Waals surface area contributed by atoms with E-state index in [2.05, 4.69) is 65.4 Å². The average molecular weight is 310 g/mol. The Labute approximate surface area is 115 Å². The van der Waals surface area contributed by atoms with Crippen molar-refractivity contribution in [2.75, 3.05) is 5.32 Å². The van der Waals surface area contributed by atoms with E-state index in [0.717, 1.165) is 17.4 Å². The lowest BCUT2D eigenvalue weighted by Gasteiger charge is -2.06. The zero-order chi connectivity index (χ0) is 12.3. The number of halogens is 1. The molecule has 1 heterocycles. The van der Waals surface area contributed by atoms with Crippen LogP contribution < -0.4 is 5.32 Å². The molecule has 0 aliphatic heterocycles. The molecule has 2 aromatic rings. The number of hydrogen-bond donors (Lipinski definition) is 1. The van der Waals surface area contributed by atoms with Crippen molar-refractivity contribution in [3.05, 3.63) is 50.1 Å². The smallest absolute Gasteiger partial charge is 0.0494 e. The van der Waals surface area contributed by atoms with Crippen molar-refractivity contribution in [2.24, 2.45) is 0 Å². The molecular weight excluding hydrogens is 294 g/mol. The minimum absolute atomic E-state index is 0.903. The van der Waals surface area contributed by atoms with Crippen LogP contribution in [0.2, 0.25) is 0 Å². The van der Waals surface area contributed by atoms with Gasteiger partial charge in [-0.3, -0.25) is 0 Å². The SMILES string of the molecule is CCc1ccc(CNc2cc(C)cc(Br)c2)s1. The molecular formula is C14H16BrNS. The Bertz CT molecular complexity index is 484. The number of benzene rings is 1. The van der Waals surface area contributed by atoms with Crippen molar-refractivity contribution >= 4 is 33.0 Å². The molecule has 1 nitrogen and oxygen atoms in total. The molecule has 0 bridgehead atoms. The zero-order valence-electron chi connectivity index (χ0n) is 10.1. The highest BCUT2D eigenvalue weighted by Gasteiger charge is 2.00. The number of anilines is 1. The predicted molar refractivity (Wildman–Crippen MR) is 79.9 cm³/mol. The van der Waals surface area contributed by atoms with E-state index in [9.17, 15) is 0 Å². The third-order valence-electron chi connectivity index (χ3n) is 2.57. The Hall–Kier alpha value is -0.800. The molecule has 0 atom stereocenters. The minimum Gasteiger partial charge on any atom is -0.380 e. The summed E-state index contributed by atoms with van der Waals surface area (Å²) in [5.74, 6) is 0. The van der Waals surface area contributed by atoms with Gasteiger partial charge in [0.15, 0.2) is 0 Å². The lowest BCUT2D eigenvalue weighted by molar-refractivity contribution is 1.18. The van der Waals surface area contributed by atoms with Gasteiger partial charge in [0, 0.05) is 26.5 Å². The van der Waals surface area contributed by atoms with Crippen molar-refractivity contribution in [1.29, 1.82) is 0 Å². The minimum atomic E-state index is 0.903. The summed E-state index contributed by atoms with van der Waals surface area (Å²) >= 11 is 5.40. The highest BCUT2D eigenvalue weighted by atomic mass is 79.9. The lowest BCUT2D eigenvalue weighted by Crippen LogP contribution is -1.97. The van der Waals surface area contributed by atoms with Gasteiger partial charge in [-0.2, -0.15) is 0 Å². The normalized spacial score (nSPS) is 10.5. The van der Waals surface area contributed by atoms with Crippen LogP contribution in [0, 0.1) is 6.92 Å². The third-order valence-corrected chi connectivity index (χ3v) is 4.26. The van der Waals surface area contributed by atoms with Gasteiger partial charge >= 0.3 is 0 Å². The molecule has 0 saturated carbocycles. The molecule has 90 valence electrons. The van der Waals surface area contributed by atoms with Crippen LogP contribution in [0.25, 0.3) is 0 Å². The Kier molecular flexibility index (Phi) is 4.24. The van der Waals surface area contributed by atoms with Gasteiger partial charge in [0.05, 0.1) is 0 Å². The van der Waals surface area contributed by atoms with Gasteiger partial charge in [0.2, 0.25) is 0 Å². The third kappa shape index (κ3) is 3.58. The van der Waals surface area contributed by atoms with Gasteiger partial charge in [-0.1, -0.05) is 22.9 Å². The largest absolute Gasteiger partial charge is 0.380 e. The molecule has 1 aromatic heterocycles. The standard InChI is InChI=1S/C14H16BrNS/c1-3-13-4-5-14(17-13)9-16-12-7-10(2)6-11(15)8-12/h4-8,16H,3,9H2,1-2H3. The first-order valence-corrected chi connectivity index (χ1v) is 7.37. The van der Waals surface area contributed by atoms with Crippen LogP contribution in [-0.2, 0) is 13.0 Å². The molecule has 0 aliphatic carbocycles. The van der Waals surface area contributed by atoms with E-state index in [1.165, 1.54) is 21.0 Å². The van der Waals surface area contributed by atoms with Crippen molar-refractivity contribution in [2.45, 2.75) is 26.8 Å². The van der Waals surface area contributed by atoms with Gasteiger partial charge in [-0.25, -0.2) is 0 Å². The maximum atomic E-state index is 3.52. The number of nitrogens with one attached hydrogen (secondary N) is 1. The van der Waals surface area contributed by atoms with Crippen molar-refractivity contribution in [3.63, 3.8) is 0 Å². The van der Waals surface area contributed by atoms with E-state index in [1.807, 2.05) is 11.3 Å². The molecule has 0 fully saturated rings. The molecule has 3 heteroatoms. The lowest BCUT2D eigenvalue weighted by atomic mass is 10.2. The number of aryl methyl sites for hydroxylation is 2. The first-order chi connectivity index (χ1) is 8.17. The topological polar surface area (TPSA) is 12.0 Å². The first kappa shape index (κ1) is 12.7. The van der Waals surface area contributed by atoms with Crippen molar-refractivity contribution in [3.8, 4) is 0 Å². The summed E-state index contributed by atoms with van der Waals surface area (Å²) in [4.78, 5) is 2.84. The number of thiophene rings is 1. The van der Waals surface area contributed by atoms with E-state index in [-0.39, 0.29) is 0 Å². The monoisotopic (exact) mass is 309 g/mol. The number of rotatable bonds is 4. The van der Waals surface area contributed by atoms with E-state index in [1.54, 1.807) is 0 Å². The van der Waals surface area contributed by atoms with Gasteiger partial charge in [-0.05, 0) is 49.2 Å². The van der Waals surface area contributed by atoms with Crippen LogP contribution in [0.5, 0.6) is 0 Å². The summed E-state index contributed by atoms with van der Waals surface area (Å²) in [5, 5.41) is 3.46. The van der Waals surface area contributed by atoms with Crippen LogP contribution in [-0.4, -0.2) is 0 Å². The summed E-state index contributed by atoms with van der Waals surface area (Å²) in [7, 11) is 0. The molecule has 0 unspecified atom stereocenters. The summed E-state index contributed by atoms with van der Waals surface area (Å²) in [5.41, 5.74) is 2.44. The summed E-state index contributed by atoms with van der Waals surface area (Å²) in [6.07, 6.45) is 1.13.